The molecule has 2 aromatic rings. The van der Waals surface area contributed by atoms with Crippen molar-refractivity contribution in [2.75, 3.05) is 18.6 Å². The van der Waals surface area contributed by atoms with Crippen LogP contribution in [0.2, 0.25) is 0 Å². The van der Waals surface area contributed by atoms with Crippen LogP contribution in [-0.4, -0.2) is 24.7 Å². The third-order valence-electron chi connectivity index (χ3n) is 4.17. The van der Waals surface area contributed by atoms with Gasteiger partial charge in [0.2, 0.25) is 5.76 Å². The number of carbonyl (C=O) groups excluding carboxylic acids is 1. The second-order valence-corrected chi connectivity index (χ2v) is 6.63. The number of aromatic nitrogens is 1. The molecule has 1 aromatic carbocycles. The molecule has 22 heavy (non-hydrogen) atoms. The molecule has 0 spiro atoms. The van der Waals surface area contributed by atoms with Gasteiger partial charge in [-0.05, 0) is 22.2 Å². The van der Waals surface area contributed by atoms with Crippen molar-refractivity contribution in [2.24, 2.45) is 5.41 Å². The van der Waals surface area contributed by atoms with E-state index >= 15 is 0 Å². The molecule has 1 amide bonds. The van der Waals surface area contributed by atoms with E-state index in [4.69, 9.17) is 9.26 Å². The Bertz CT molecular complexity index is 700. The lowest BCUT2D eigenvalue weighted by atomic mass is 9.78. The van der Waals surface area contributed by atoms with Crippen molar-refractivity contribution in [1.82, 2.24) is 5.16 Å². The molecule has 0 bridgehead atoms. The van der Waals surface area contributed by atoms with E-state index in [-0.39, 0.29) is 23.0 Å². The minimum absolute atomic E-state index is 0.0736. The summed E-state index contributed by atoms with van der Waals surface area (Å²) in [5.41, 5.74) is 2.22. The maximum absolute atomic E-state index is 12.7. The zero-order valence-electron chi connectivity index (χ0n) is 13.3. The van der Waals surface area contributed by atoms with Crippen LogP contribution in [0.25, 0.3) is 0 Å². The standard InChI is InChI=1S/C17H20N2O3/c1-17(2,3)12-10-19(13-8-6-5-7-11(12)13)16(20)14-9-15(21-4)18-22-14/h5-9,12H,10H2,1-4H3. The molecule has 1 aliphatic rings. The third-order valence-corrected chi connectivity index (χ3v) is 4.17. The van der Waals surface area contributed by atoms with Gasteiger partial charge in [0.25, 0.3) is 11.8 Å². The van der Waals surface area contributed by atoms with Crippen LogP contribution in [0.1, 0.15) is 42.8 Å². The van der Waals surface area contributed by atoms with Crippen molar-refractivity contribution < 1.29 is 14.1 Å². The Balaban J connectivity index is 1.97. The molecule has 2 heterocycles. The molecule has 0 aliphatic carbocycles. The lowest BCUT2D eigenvalue weighted by Gasteiger charge is -2.27. The number of hydrogen-bond donors (Lipinski definition) is 0. The van der Waals surface area contributed by atoms with Crippen LogP contribution in [0, 0.1) is 5.41 Å². The molecule has 1 aromatic heterocycles. The van der Waals surface area contributed by atoms with Crippen LogP contribution in [0.3, 0.4) is 0 Å². The number of para-hydroxylation sites is 1. The number of hydrogen-bond acceptors (Lipinski definition) is 4. The topological polar surface area (TPSA) is 55.6 Å². The molecule has 0 saturated heterocycles. The molecule has 1 aliphatic heterocycles. The Morgan fingerprint density at radius 3 is 2.73 bits per heavy atom. The van der Waals surface area contributed by atoms with E-state index in [1.54, 1.807) is 4.90 Å². The Hall–Kier alpha value is -2.30. The molecule has 0 N–H and O–H groups in total. The van der Waals surface area contributed by atoms with Gasteiger partial charge in [-0.15, -0.1) is 0 Å². The van der Waals surface area contributed by atoms with Crippen molar-refractivity contribution in [3.05, 3.63) is 41.7 Å². The number of nitrogens with zero attached hydrogens (tertiary/aromatic N) is 2. The molecular weight excluding hydrogens is 280 g/mol. The number of fused-ring (bicyclic) bond motifs is 1. The molecule has 1 atom stereocenters. The number of ether oxygens (including phenoxy) is 1. The molecule has 116 valence electrons. The minimum atomic E-state index is -0.185. The van der Waals surface area contributed by atoms with Crippen LogP contribution >= 0.6 is 0 Å². The Kier molecular flexibility index (Phi) is 3.43. The van der Waals surface area contributed by atoms with Gasteiger partial charge in [0.05, 0.1) is 13.2 Å². The van der Waals surface area contributed by atoms with Gasteiger partial charge in [0.15, 0.2) is 0 Å². The summed E-state index contributed by atoms with van der Waals surface area (Å²) in [4.78, 5) is 14.5. The van der Waals surface area contributed by atoms with Gasteiger partial charge in [0, 0.05) is 18.2 Å². The average molecular weight is 300 g/mol. The first kappa shape index (κ1) is 14.6. The first-order valence-corrected chi connectivity index (χ1v) is 7.33. The number of benzene rings is 1. The normalized spacial score (nSPS) is 17.5. The minimum Gasteiger partial charge on any atom is -0.479 e. The molecular formula is C17H20N2O3. The number of methoxy groups -OCH3 is 1. The highest BCUT2D eigenvalue weighted by atomic mass is 16.5. The van der Waals surface area contributed by atoms with E-state index in [9.17, 15) is 4.79 Å². The number of rotatable bonds is 2. The smallest absolute Gasteiger partial charge is 0.297 e. The van der Waals surface area contributed by atoms with Crippen molar-refractivity contribution in [3.8, 4) is 5.88 Å². The van der Waals surface area contributed by atoms with Gasteiger partial charge in [-0.25, -0.2) is 0 Å². The summed E-state index contributed by atoms with van der Waals surface area (Å²) in [6.07, 6.45) is 0. The molecule has 5 heteroatoms. The Morgan fingerprint density at radius 1 is 1.36 bits per heavy atom. The molecule has 3 rings (SSSR count). The number of carbonyl (C=O) groups is 1. The number of amides is 1. The zero-order valence-corrected chi connectivity index (χ0v) is 13.3. The highest BCUT2D eigenvalue weighted by Crippen LogP contribution is 2.45. The summed E-state index contributed by atoms with van der Waals surface area (Å²) < 4.78 is 10.1. The highest BCUT2D eigenvalue weighted by Gasteiger charge is 2.39. The Morgan fingerprint density at radius 2 is 2.09 bits per heavy atom. The van der Waals surface area contributed by atoms with E-state index in [2.05, 4.69) is 32.0 Å². The molecule has 1 unspecified atom stereocenters. The van der Waals surface area contributed by atoms with Crippen LogP contribution < -0.4 is 9.64 Å². The zero-order chi connectivity index (χ0) is 15.9. The first-order chi connectivity index (χ1) is 10.4. The van der Waals surface area contributed by atoms with Gasteiger partial charge >= 0.3 is 0 Å². The summed E-state index contributed by atoms with van der Waals surface area (Å²) in [7, 11) is 1.49. The van der Waals surface area contributed by atoms with E-state index in [0.717, 1.165) is 5.69 Å². The van der Waals surface area contributed by atoms with E-state index in [1.165, 1.54) is 18.7 Å². The van der Waals surface area contributed by atoms with E-state index in [0.29, 0.717) is 12.4 Å². The average Bonchev–Trinajstić information content (AvgIpc) is 3.10. The molecule has 0 fully saturated rings. The van der Waals surface area contributed by atoms with Gasteiger partial charge in [-0.2, -0.15) is 0 Å². The van der Waals surface area contributed by atoms with E-state index < -0.39 is 0 Å². The summed E-state index contributed by atoms with van der Waals surface area (Å²) in [6.45, 7) is 7.23. The maximum atomic E-state index is 12.7. The lowest BCUT2D eigenvalue weighted by molar-refractivity contribution is 0.0950. The van der Waals surface area contributed by atoms with Crippen LogP contribution in [0.15, 0.2) is 34.9 Å². The first-order valence-electron chi connectivity index (χ1n) is 7.33. The predicted octanol–water partition coefficient (Wildman–Crippen LogP) is 3.47. The van der Waals surface area contributed by atoms with Crippen LogP contribution in [-0.2, 0) is 0 Å². The van der Waals surface area contributed by atoms with E-state index in [1.807, 2.05) is 18.2 Å². The van der Waals surface area contributed by atoms with Gasteiger partial charge in [-0.3, -0.25) is 4.79 Å². The van der Waals surface area contributed by atoms with Gasteiger partial charge in [-0.1, -0.05) is 39.0 Å². The quantitative estimate of drug-likeness (QED) is 0.852. The summed E-state index contributed by atoms with van der Waals surface area (Å²) in [6, 6.07) is 9.57. The second-order valence-electron chi connectivity index (χ2n) is 6.63. The fourth-order valence-electron chi connectivity index (χ4n) is 2.93. The molecule has 0 saturated carbocycles. The van der Waals surface area contributed by atoms with Crippen molar-refractivity contribution in [2.45, 2.75) is 26.7 Å². The molecule has 5 nitrogen and oxygen atoms in total. The maximum Gasteiger partial charge on any atom is 0.297 e. The highest BCUT2D eigenvalue weighted by molar-refractivity contribution is 6.05. The fourth-order valence-corrected chi connectivity index (χ4v) is 2.93. The molecule has 0 radical (unpaired) electrons. The lowest BCUT2D eigenvalue weighted by Crippen LogP contribution is -2.32. The number of anilines is 1. The largest absolute Gasteiger partial charge is 0.479 e. The fraction of sp³-hybridized carbons (Fsp3) is 0.412. The van der Waals surface area contributed by atoms with Crippen LogP contribution in [0.5, 0.6) is 5.88 Å². The SMILES string of the molecule is COc1cc(C(=O)N2CC(C(C)(C)C)c3ccccc32)on1. The van der Waals surface area contributed by atoms with Crippen molar-refractivity contribution in [3.63, 3.8) is 0 Å². The second kappa shape index (κ2) is 5.16. The third kappa shape index (κ3) is 2.36. The Labute approximate surface area is 129 Å². The van der Waals surface area contributed by atoms with Crippen LogP contribution in [0.4, 0.5) is 5.69 Å². The summed E-state index contributed by atoms with van der Waals surface area (Å²) >= 11 is 0. The summed E-state index contributed by atoms with van der Waals surface area (Å²) in [5.74, 6) is 0.608. The van der Waals surface area contributed by atoms with Gasteiger partial charge < -0.3 is 14.2 Å². The monoisotopic (exact) mass is 300 g/mol. The van der Waals surface area contributed by atoms with Gasteiger partial charge in [0.1, 0.15) is 0 Å². The summed E-state index contributed by atoms with van der Waals surface area (Å²) in [5, 5.41) is 3.71. The van der Waals surface area contributed by atoms with Crippen molar-refractivity contribution in [1.29, 1.82) is 0 Å². The van der Waals surface area contributed by atoms with Crippen molar-refractivity contribution >= 4 is 11.6 Å². The predicted molar refractivity (Wildman–Crippen MR) is 83.4 cm³/mol.